The van der Waals surface area contributed by atoms with Gasteiger partial charge in [-0.05, 0) is 44.0 Å². The Kier molecular flexibility index (Phi) is 6.50. The molecular weight excluding hydrogens is 444 g/mol. The first-order valence-electron chi connectivity index (χ1n) is 11.7. The number of amides is 1. The van der Waals surface area contributed by atoms with Gasteiger partial charge in [0.1, 0.15) is 4.83 Å². The monoisotopic (exact) mass is 474 g/mol. The van der Waals surface area contributed by atoms with Crippen LogP contribution in [0.5, 0.6) is 0 Å². The number of benzene rings is 2. The molecule has 0 radical (unpaired) electrons. The standard InChI is InChI=1S/C27H30N4O2S/c1-18-14-30(15-19(2)33-18)17-22-11-7-8-12-24(22)28-26(32)25-13-23-20(3)29-31(27(23)34-25)16-21-9-5-4-6-10-21/h4-13,18-19H,14-17H2,1-3H3,(H,28,32). The number of nitrogens with one attached hydrogen (secondary N) is 1. The van der Waals surface area contributed by atoms with Crippen molar-refractivity contribution in [2.75, 3.05) is 18.4 Å². The van der Waals surface area contributed by atoms with Crippen LogP contribution in [0.25, 0.3) is 10.2 Å². The van der Waals surface area contributed by atoms with Gasteiger partial charge in [0.2, 0.25) is 0 Å². The Bertz CT molecular complexity index is 1290. The Morgan fingerprint density at radius 2 is 1.76 bits per heavy atom. The summed E-state index contributed by atoms with van der Waals surface area (Å²) in [4.78, 5) is 17.4. The van der Waals surface area contributed by atoms with Crippen LogP contribution < -0.4 is 5.32 Å². The number of carbonyl (C=O) groups is 1. The molecule has 2 aromatic carbocycles. The third kappa shape index (κ3) is 4.92. The molecule has 2 unspecified atom stereocenters. The summed E-state index contributed by atoms with van der Waals surface area (Å²) in [6.45, 7) is 9.47. The van der Waals surface area contributed by atoms with Crippen LogP contribution in [0.2, 0.25) is 0 Å². The van der Waals surface area contributed by atoms with Crippen molar-refractivity contribution in [3.8, 4) is 0 Å². The van der Waals surface area contributed by atoms with Crippen molar-refractivity contribution in [3.63, 3.8) is 0 Å². The molecule has 2 atom stereocenters. The van der Waals surface area contributed by atoms with Crippen LogP contribution in [-0.2, 0) is 17.8 Å². The highest BCUT2D eigenvalue weighted by atomic mass is 32.1. The normalized spacial score (nSPS) is 18.9. The fraction of sp³-hybridized carbons (Fsp3) is 0.333. The lowest BCUT2D eigenvalue weighted by molar-refractivity contribution is -0.0704. The van der Waals surface area contributed by atoms with E-state index in [0.717, 1.165) is 46.8 Å². The third-order valence-corrected chi connectivity index (χ3v) is 7.31. The number of anilines is 1. The van der Waals surface area contributed by atoms with Crippen LogP contribution in [-0.4, -0.2) is 45.9 Å². The first-order valence-corrected chi connectivity index (χ1v) is 12.6. The van der Waals surface area contributed by atoms with Gasteiger partial charge in [0.05, 0.1) is 29.3 Å². The molecular formula is C27H30N4O2S. The van der Waals surface area contributed by atoms with E-state index in [-0.39, 0.29) is 18.1 Å². The van der Waals surface area contributed by atoms with Gasteiger partial charge in [0.15, 0.2) is 0 Å². The highest BCUT2D eigenvalue weighted by Crippen LogP contribution is 2.30. The molecule has 176 valence electrons. The predicted octanol–water partition coefficient (Wildman–Crippen LogP) is 5.32. The number of aromatic nitrogens is 2. The number of carbonyl (C=O) groups excluding carboxylic acids is 1. The molecule has 0 saturated carbocycles. The molecule has 0 spiro atoms. The van der Waals surface area contributed by atoms with Gasteiger partial charge >= 0.3 is 0 Å². The summed E-state index contributed by atoms with van der Waals surface area (Å²) in [5.74, 6) is -0.0805. The van der Waals surface area contributed by atoms with E-state index in [1.807, 2.05) is 54.1 Å². The molecule has 34 heavy (non-hydrogen) atoms. The number of ether oxygens (including phenoxy) is 1. The molecule has 1 saturated heterocycles. The quantitative estimate of drug-likeness (QED) is 0.411. The first kappa shape index (κ1) is 22.8. The highest BCUT2D eigenvalue weighted by molar-refractivity contribution is 7.20. The lowest BCUT2D eigenvalue weighted by Gasteiger charge is -2.35. The fourth-order valence-electron chi connectivity index (χ4n) is 4.71. The number of fused-ring (bicyclic) bond motifs is 1. The zero-order chi connectivity index (χ0) is 23.7. The summed E-state index contributed by atoms with van der Waals surface area (Å²) < 4.78 is 7.86. The van der Waals surface area contributed by atoms with E-state index in [9.17, 15) is 4.79 Å². The van der Waals surface area contributed by atoms with Crippen molar-refractivity contribution in [1.82, 2.24) is 14.7 Å². The molecule has 3 heterocycles. The number of para-hydroxylation sites is 1. The minimum absolute atomic E-state index is 0.0805. The van der Waals surface area contributed by atoms with Crippen molar-refractivity contribution in [2.45, 2.75) is 46.1 Å². The van der Waals surface area contributed by atoms with Crippen LogP contribution in [0.3, 0.4) is 0 Å². The molecule has 1 fully saturated rings. The summed E-state index contributed by atoms with van der Waals surface area (Å²) >= 11 is 1.49. The van der Waals surface area contributed by atoms with E-state index < -0.39 is 0 Å². The number of aryl methyl sites for hydroxylation is 1. The van der Waals surface area contributed by atoms with Crippen LogP contribution in [0, 0.1) is 6.92 Å². The third-order valence-electron chi connectivity index (χ3n) is 6.16. The first-order chi connectivity index (χ1) is 16.5. The summed E-state index contributed by atoms with van der Waals surface area (Å²) in [5, 5.41) is 8.90. The zero-order valence-electron chi connectivity index (χ0n) is 19.8. The fourth-order valence-corrected chi connectivity index (χ4v) is 5.76. The molecule has 1 aliphatic heterocycles. The van der Waals surface area contributed by atoms with Gasteiger partial charge in [-0.15, -0.1) is 11.3 Å². The maximum atomic E-state index is 13.2. The number of morpholine rings is 1. The molecule has 5 rings (SSSR count). The Labute approximate surface area is 204 Å². The molecule has 7 heteroatoms. The largest absolute Gasteiger partial charge is 0.373 e. The minimum Gasteiger partial charge on any atom is -0.373 e. The number of hydrogen-bond acceptors (Lipinski definition) is 5. The van der Waals surface area contributed by atoms with E-state index >= 15 is 0 Å². The SMILES string of the molecule is Cc1nn(Cc2ccccc2)c2sc(C(=O)Nc3ccccc3CN3CC(C)OC(C)C3)cc12. The lowest BCUT2D eigenvalue weighted by atomic mass is 10.1. The van der Waals surface area contributed by atoms with Crippen LogP contribution in [0.4, 0.5) is 5.69 Å². The average molecular weight is 475 g/mol. The van der Waals surface area contributed by atoms with Gasteiger partial charge in [0, 0.05) is 30.7 Å². The van der Waals surface area contributed by atoms with Crippen LogP contribution in [0.15, 0.2) is 60.7 Å². The summed E-state index contributed by atoms with van der Waals surface area (Å²) in [5.41, 5.74) is 4.10. The van der Waals surface area contributed by atoms with Gasteiger partial charge in [-0.1, -0.05) is 48.5 Å². The molecule has 1 amide bonds. The Balaban J connectivity index is 1.35. The van der Waals surface area contributed by atoms with Crippen LogP contribution >= 0.6 is 11.3 Å². The van der Waals surface area contributed by atoms with Gasteiger partial charge in [0.25, 0.3) is 5.91 Å². The second-order valence-electron chi connectivity index (χ2n) is 9.12. The van der Waals surface area contributed by atoms with E-state index in [4.69, 9.17) is 9.84 Å². The van der Waals surface area contributed by atoms with Gasteiger partial charge in [-0.3, -0.25) is 14.4 Å². The maximum Gasteiger partial charge on any atom is 0.265 e. The van der Waals surface area contributed by atoms with Crippen molar-refractivity contribution >= 4 is 33.1 Å². The summed E-state index contributed by atoms with van der Waals surface area (Å²) in [6.07, 6.45) is 0.422. The van der Waals surface area contributed by atoms with Gasteiger partial charge in [-0.2, -0.15) is 5.10 Å². The number of thiophene rings is 1. The smallest absolute Gasteiger partial charge is 0.265 e. The molecule has 0 bridgehead atoms. The molecule has 1 aliphatic rings. The number of rotatable bonds is 6. The summed E-state index contributed by atoms with van der Waals surface area (Å²) in [7, 11) is 0. The Hall–Kier alpha value is -3.00. The second kappa shape index (κ2) is 9.70. The Morgan fingerprint density at radius 1 is 1.06 bits per heavy atom. The van der Waals surface area contributed by atoms with E-state index in [1.54, 1.807) is 0 Å². The predicted molar refractivity (Wildman–Crippen MR) is 138 cm³/mol. The lowest BCUT2D eigenvalue weighted by Crippen LogP contribution is -2.44. The van der Waals surface area contributed by atoms with E-state index in [0.29, 0.717) is 11.4 Å². The molecule has 2 aromatic heterocycles. The zero-order valence-corrected chi connectivity index (χ0v) is 20.6. The molecule has 4 aromatic rings. The van der Waals surface area contributed by atoms with Gasteiger partial charge < -0.3 is 10.1 Å². The van der Waals surface area contributed by atoms with E-state index in [2.05, 4.69) is 42.3 Å². The highest BCUT2D eigenvalue weighted by Gasteiger charge is 2.23. The van der Waals surface area contributed by atoms with Crippen molar-refractivity contribution < 1.29 is 9.53 Å². The minimum atomic E-state index is -0.0805. The average Bonchev–Trinajstić information content (AvgIpc) is 3.36. The van der Waals surface area contributed by atoms with Crippen molar-refractivity contribution in [2.24, 2.45) is 0 Å². The van der Waals surface area contributed by atoms with Crippen molar-refractivity contribution in [1.29, 1.82) is 0 Å². The van der Waals surface area contributed by atoms with Crippen LogP contribution in [0.1, 0.15) is 40.3 Å². The second-order valence-corrected chi connectivity index (χ2v) is 10.2. The number of hydrogen-bond donors (Lipinski definition) is 1. The maximum absolute atomic E-state index is 13.2. The number of nitrogens with zero attached hydrogens (tertiary/aromatic N) is 3. The van der Waals surface area contributed by atoms with Gasteiger partial charge in [-0.25, -0.2) is 0 Å². The molecule has 1 N–H and O–H groups in total. The van der Waals surface area contributed by atoms with Crippen molar-refractivity contribution in [3.05, 3.63) is 82.4 Å². The molecule has 6 nitrogen and oxygen atoms in total. The topological polar surface area (TPSA) is 59.4 Å². The van der Waals surface area contributed by atoms with E-state index in [1.165, 1.54) is 16.9 Å². The molecule has 0 aliphatic carbocycles. The summed E-state index contributed by atoms with van der Waals surface area (Å²) in [6, 6.07) is 20.3. The Morgan fingerprint density at radius 3 is 2.53 bits per heavy atom.